The van der Waals surface area contributed by atoms with Gasteiger partial charge in [-0.1, -0.05) is 56.3 Å². The van der Waals surface area contributed by atoms with Crippen LogP contribution in [0.15, 0.2) is 54.6 Å². The Kier molecular flexibility index (Phi) is 7.12. The van der Waals surface area contributed by atoms with Crippen molar-refractivity contribution < 1.29 is 17.9 Å². The molecule has 3 aromatic carbocycles. The molecule has 0 radical (unpaired) electrons. The Balaban J connectivity index is 0.00000145. The van der Waals surface area contributed by atoms with Crippen molar-refractivity contribution >= 4 is 0 Å². The van der Waals surface area contributed by atoms with Gasteiger partial charge in [-0.05, 0) is 84.3 Å². The molecule has 0 aliphatic rings. The summed E-state index contributed by atoms with van der Waals surface area (Å²) in [5.41, 5.74) is 8.51. The lowest BCUT2D eigenvalue weighted by atomic mass is 9.93. The second-order valence-corrected chi connectivity index (χ2v) is 6.85. The van der Waals surface area contributed by atoms with E-state index in [2.05, 4.69) is 48.9 Å². The molecule has 0 N–H and O–H groups in total. The summed E-state index contributed by atoms with van der Waals surface area (Å²) in [5.74, 6) is -0.202. The van der Waals surface area contributed by atoms with Crippen LogP contribution in [0.25, 0.3) is 22.3 Å². The molecule has 0 unspecified atom stereocenters. The van der Waals surface area contributed by atoms with Crippen LogP contribution in [-0.2, 0) is 0 Å². The first-order chi connectivity index (χ1) is 13.6. The minimum Gasteiger partial charge on any atom is -0.406 e. The van der Waals surface area contributed by atoms with E-state index in [4.69, 9.17) is 0 Å². The van der Waals surface area contributed by atoms with E-state index in [1.807, 2.05) is 26.8 Å². The van der Waals surface area contributed by atoms with Gasteiger partial charge in [-0.2, -0.15) is 0 Å². The molecule has 0 fully saturated rings. The fraction of sp³-hybridized carbons (Fsp3) is 0.280. The molecule has 0 aromatic heterocycles. The third-order valence-corrected chi connectivity index (χ3v) is 4.79. The molecule has 29 heavy (non-hydrogen) atoms. The molecule has 3 rings (SSSR count). The molecule has 0 heterocycles. The van der Waals surface area contributed by atoms with Crippen molar-refractivity contribution in [3.05, 3.63) is 76.9 Å². The average molecular weight is 400 g/mol. The molecular formula is C25H27F3O. The van der Waals surface area contributed by atoms with Crippen molar-refractivity contribution in [2.75, 3.05) is 0 Å². The zero-order valence-electron chi connectivity index (χ0n) is 17.7. The fourth-order valence-electron chi connectivity index (χ4n) is 3.22. The Bertz CT molecular complexity index is 988. The highest BCUT2D eigenvalue weighted by atomic mass is 19.4. The smallest absolute Gasteiger partial charge is 0.406 e. The molecule has 0 saturated carbocycles. The van der Waals surface area contributed by atoms with Gasteiger partial charge in [0, 0.05) is 0 Å². The van der Waals surface area contributed by atoms with Crippen molar-refractivity contribution in [1.82, 2.24) is 0 Å². The number of ether oxygens (including phenoxy) is 1. The van der Waals surface area contributed by atoms with Gasteiger partial charge in [-0.25, -0.2) is 0 Å². The Morgan fingerprint density at radius 3 is 1.55 bits per heavy atom. The summed E-state index contributed by atoms with van der Waals surface area (Å²) in [5, 5.41) is 0. The maximum absolute atomic E-state index is 12.4. The summed E-state index contributed by atoms with van der Waals surface area (Å²) < 4.78 is 41.2. The van der Waals surface area contributed by atoms with Crippen LogP contribution >= 0.6 is 0 Å². The second-order valence-electron chi connectivity index (χ2n) is 6.85. The lowest BCUT2D eigenvalue weighted by Gasteiger charge is -2.14. The number of alkyl halides is 3. The van der Waals surface area contributed by atoms with Crippen molar-refractivity contribution in [3.8, 4) is 28.0 Å². The number of halogens is 3. The standard InChI is InChI=1S/C23H21F3O.C2H6/c1-14-5-6-18(11-15(14)2)21-9-7-19(12-16(21)3)22-10-8-20(13-17(22)4)27-23(24,25)26;1-2/h5-13H,1-4H3;1-2H3. The van der Waals surface area contributed by atoms with Crippen LogP contribution in [0.3, 0.4) is 0 Å². The predicted molar refractivity (Wildman–Crippen MR) is 114 cm³/mol. The van der Waals surface area contributed by atoms with Gasteiger partial charge < -0.3 is 4.74 Å². The zero-order chi connectivity index (χ0) is 21.8. The van der Waals surface area contributed by atoms with E-state index in [1.54, 1.807) is 13.0 Å². The number of benzene rings is 3. The van der Waals surface area contributed by atoms with Gasteiger partial charge >= 0.3 is 6.36 Å². The third-order valence-electron chi connectivity index (χ3n) is 4.79. The molecule has 3 aromatic rings. The number of hydrogen-bond donors (Lipinski definition) is 0. The van der Waals surface area contributed by atoms with E-state index in [1.165, 1.54) is 23.3 Å². The van der Waals surface area contributed by atoms with Gasteiger partial charge in [0.25, 0.3) is 0 Å². The Labute approximate surface area is 171 Å². The van der Waals surface area contributed by atoms with E-state index in [-0.39, 0.29) is 5.75 Å². The minimum absolute atomic E-state index is 0.202. The fourth-order valence-corrected chi connectivity index (χ4v) is 3.22. The van der Waals surface area contributed by atoms with Crippen molar-refractivity contribution in [1.29, 1.82) is 0 Å². The molecule has 0 amide bonds. The van der Waals surface area contributed by atoms with Crippen LogP contribution in [-0.4, -0.2) is 6.36 Å². The largest absolute Gasteiger partial charge is 0.573 e. The van der Waals surface area contributed by atoms with Crippen LogP contribution in [0.1, 0.15) is 36.1 Å². The average Bonchev–Trinajstić information content (AvgIpc) is 2.64. The number of hydrogen-bond acceptors (Lipinski definition) is 1. The highest BCUT2D eigenvalue weighted by Crippen LogP contribution is 2.33. The second kappa shape index (κ2) is 9.17. The molecule has 1 nitrogen and oxygen atoms in total. The van der Waals surface area contributed by atoms with Crippen molar-refractivity contribution in [2.45, 2.75) is 47.9 Å². The van der Waals surface area contributed by atoms with Gasteiger partial charge in [0.2, 0.25) is 0 Å². The van der Waals surface area contributed by atoms with Gasteiger partial charge in [-0.3, -0.25) is 0 Å². The van der Waals surface area contributed by atoms with E-state index in [0.717, 1.165) is 33.4 Å². The Hall–Kier alpha value is -2.75. The number of aryl methyl sites for hydroxylation is 4. The molecule has 0 bridgehead atoms. The van der Waals surface area contributed by atoms with Crippen LogP contribution in [0.5, 0.6) is 5.75 Å². The van der Waals surface area contributed by atoms with Crippen LogP contribution in [0.4, 0.5) is 13.2 Å². The van der Waals surface area contributed by atoms with Crippen LogP contribution < -0.4 is 4.74 Å². The zero-order valence-corrected chi connectivity index (χ0v) is 17.7. The van der Waals surface area contributed by atoms with Gasteiger partial charge in [0.05, 0.1) is 0 Å². The monoisotopic (exact) mass is 400 g/mol. The summed E-state index contributed by atoms with van der Waals surface area (Å²) in [6.45, 7) is 12.0. The highest BCUT2D eigenvalue weighted by Gasteiger charge is 2.31. The Morgan fingerprint density at radius 1 is 0.586 bits per heavy atom. The summed E-state index contributed by atoms with van der Waals surface area (Å²) in [7, 11) is 0. The highest BCUT2D eigenvalue weighted by molar-refractivity contribution is 5.75. The molecule has 0 aliphatic carbocycles. The maximum atomic E-state index is 12.4. The third kappa shape index (κ3) is 5.63. The molecular weight excluding hydrogens is 373 g/mol. The molecule has 0 saturated heterocycles. The van der Waals surface area contributed by atoms with Gasteiger partial charge in [0.1, 0.15) is 5.75 Å². The molecule has 4 heteroatoms. The first-order valence-electron chi connectivity index (χ1n) is 9.69. The van der Waals surface area contributed by atoms with Gasteiger partial charge in [0.15, 0.2) is 0 Å². The molecule has 0 aliphatic heterocycles. The minimum atomic E-state index is -4.68. The topological polar surface area (TPSA) is 9.23 Å². The van der Waals surface area contributed by atoms with E-state index < -0.39 is 6.36 Å². The normalized spacial score (nSPS) is 10.9. The quantitative estimate of drug-likeness (QED) is 0.431. The van der Waals surface area contributed by atoms with E-state index in [9.17, 15) is 13.2 Å². The summed E-state index contributed by atoms with van der Waals surface area (Å²) >= 11 is 0. The summed E-state index contributed by atoms with van der Waals surface area (Å²) in [4.78, 5) is 0. The first-order valence-corrected chi connectivity index (χ1v) is 9.69. The Morgan fingerprint density at radius 2 is 1.07 bits per heavy atom. The molecule has 0 atom stereocenters. The van der Waals surface area contributed by atoms with E-state index >= 15 is 0 Å². The summed E-state index contributed by atoms with van der Waals surface area (Å²) in [6.07, 6.45) is -4.68. The van der Waals surface area contributed by atoms with Crippen molar-refractivity contribution in [3.63, 3.8) is 0 Å². The maximum Gasteiger partial charge on any atom is 0.573 e. The number of rotatable bonds is 3. The molecule has 154 valence electrons. The van der Waals surface area contributed by atoms with Crippen LogP contribution in [0, 0.1) is 27.7 Å². The van der Waals surface area contributed by atoms with E-state index in [0.29, 0.717) is 0 Å². The predicted octanol–water partition coefficient (Wildman–Crippen LogP) is 8.18. The van der Waals surface area contributed by atoms with Crippen LogP contribution in [0.2, 0.25) is 0 Å². The lowest BCUT2D eigenvalue weighted by molar-refractivity contribution is -0.274. The van der Waals surface area contributed by atoms with Crippen molar-refractivity contribution in [2.24, 2.45) is 0 Å². The molecule has 0 spiro atoms. The first kappa shape index (κ1) is 22.5. The summed E-state index contributed by atoms with van der Waals surface area (Å²) in [6, 6.07) is 17.0. The van der Waals surface area contributed by atoms with Gasteiger partial charge in [-0.15, -0.1) is 13.2 Å². The SMILES string of the molecule is CC.Cc1ccc(-c2ccc(-c3ccc(OC(F)(F)F)cc3C)cc2C)cc1C. The lowest BCUT2D eigenvalue weighted by Crippen LogP contribution is -2.17.